The fourth-order valence-corrected chi connectivity index (χ4v) is 2.04. The van der Waals surface area contributed by atoms with Crippen molar-refractivity contribution in [2.75, 3.05) is 38.8 Å². The minimum Gasteiger partial charge on any atom is -0.394 e. The molecule has 0 saturated carbocycles. The monoisotopic (exact) mass is 372 g/mol. The minimum atomic E-state index is -0.499. The van der Waals surface area contributed by atoms with Crippen LogP contribution in [0.1, 0.15) is 64.2 Å². The molecule has 0 heterocycles. The zero-order valence-electron chi connectivity index (χ0n) is 15.0. The van der Waals surface area contributed by atoms with Gasteiger partial charge in [0, 0.05) is 0 Å². The Balaban J connectivity index is -0.000000457. The summed E-state index contributed by atoms with van der Waals surface area (Å²) in [5.41, 5.74) is 0. The molecular formula is C17H40O6S. The lowest BCUT2D eigenvalue weighted by molar-refractivity contribution is 0.0860. The molecule has 24 heavy (non-hydrogen) atoms. The van der Waals surface area contributed by atoms with Gasteiger partial charge in [-0.15, -0.1) is 0 Å². The van der Waals surface area contributed by atoms with Crippen LogP contribution in [0.5, 0.6) is 0 Å². The van der Waals surface area contributed by atoms with E-state index in [2.05, 4.69) is 12.6 Å². The van der Waals surface area contributed by atoms with Crippen molar-refractivity contribution in [3.8, 4) is 0 Å². The van der Waals surface area contributed by atoms with Crippen LogP contribution in [-0.4, -0.2) is 75.5 Å². The smallest absolute Gasteiger partial charge is 0.0770 e. The van der Waals surface area contributed by atoms with Crippen molar-refractivity contribution >= 4 is 12.6 Å². The number of rotatable bonds is 14. The van der Waals surface area contributed by atoms with E-state index in [-0.39, 0.29) is 33.0 Å². The quantitative estimate of drug-likeness (QED) is 0.181. The van der Waals surface area contributed by atoms with E-state index in [1.807, 2.05) is 0 Å². The van der Waals surface area contributed by atoms with Gasteiger partial charge in [0.2, 0.25) is 0 Å². The molecule has 0 aliphatic carbocycles. The second-order valence-electron chi connectivity index (χ2n) is 5.43. The topological polar surface area (TPSA) is 121 Å². The zero-order chi connectivity index (χ0) is 18.9. The van der Waals surface area contributed by atoms with Crippen LogP contribution < -0.4 is 0 Å². The third-order valence-corrected chi connectivity index (χ3v) is 3.42. The Morgan fingerprint density at radius 2 is 0.875 bits per heavy atom. The highest BCUT2D eigenvalue weighted by molar-refractivity contribution is 7.80. The predicted molar refractivity (Wildman–Crippen MR) is 101 cm³/mol. The van der Waals surface area contributed by atoms with Crippen molar-refractivity contribution in [3.63, 3.8) is 0 Å². The summed E-state index contributed by atoms with van der Waals surface area (Å²) in [5.74, 6) is 1.02. The standard InChI is InChI=1S/C13H28O2S.2C2H6O2/c14-12-13(15)10-8-6-4-2-1-3-5-7-9-11-16;2*3-1-2-4/h13-16H,1-12H2;2*3-4H,1-2H2. The fourth-order valence-electron chi connectivity index (χ4n) is 1.82. The molecular weight excluding hydrogens is 332 g/mol. The Morgan fingerprint density at radius 3 is 1.17 bits per heavy atom. The van der Waals surface area contributed by atoms with Crippen molar-refractivity contribution in [1.29, 1.82) is 0 Å². The molecule has 0 bridgehead atoms. The van der Waals surface area contributed by atoms with Crippen molar-refractivity contribution in [2.45, 2.75) is 70.3 Å². The average molecular weight is 373 g/mol. The molecule has 0 radical (unpaired) electrons. The Kier molecular flexibility index (Phi) is 37.2. The van der Waals surface area contributed by atoms with Crippen LogP contribution in [0.25, 0.3) is 0 Å². The van der Waals surface area contributed by atoms with Crippen LogP contribution in [0.2, 0.25) is 0 Å². The molecule has 0 aliphatic rings. The second kappa shape index (κ2) is 30.9. The number of aliphatic hydroxyl groups is 6. The number of thiol groups is 1. The Morgan fingerprint density at radius 1 is 0.542 bits per heavy atom. The molecule has 0 aromatic carbocycles. The average Bonchev–Trinajstić information content (AvgIpc) is 2.63. The molecule has 150 valence electrons. The maximum absolute atomic E-state index is 9.12. The molecule has 0 fully saturated rings. The summed E-state index contributed by atoms with van der Waals surface area (Å²) in [4.78, 5) is 0. The van der Waals surface area contributed by atoms with Gasteiger partial charge in [-0.2, -0.15) is 12.6 Å². The molecule has 0 aromatic heterocycles. The molecule has 0 spiro atoms. The predicted octanol–water partition coefficient (Wildman–Crippen LogP) is 1.11. The zero-order valence-corrected chi connectivity index (χ0v) is 15.9. The lowest BCUT2D eigenvalue weighted by Gasteiger charge is -2.06. The summed E-state index contributed by atoms with van der Waals surface area (Å²) in [6.45, 7) is -0.592. The molecule has 0 amide bonds. The summed E-state index contributed by atoms with van der Waals surface area (Å²) >= 11 is 4.19. The number of unbranched alkanes of at least 4 members (excludes halogenated alkanes) is 8. The van der Waals surface area contributed by atoms with Gasteiger partial charge in [-0.1, -0.05) is 51.4 Å². The van der Waals surface area contributed by atoms with Gasteiger partial charge in [-0.25, -0.2) is 0 Å². The minimum absolute atomic E-state index is 0.0921. The molecule has 1 atom stereocenters. The first kappa shape index (κ1) is 28.9. The first-order chi connectivity index (χ1) is 11.6. The van der Waals surface area contributed by atoms with Gasteiger partial charge in [0.05, 0.1) is 39.1 Å². The third-order valence-electron chi connectivity index (χ3n) is 3.11. The molecule has 6 N–H and O–H groups in total. The van der Waals surface area contributed by atoms with Crippen molar-refractivity contribution < 1.29 is 30.6 Å². The van der Waals surface area contributed by atoms with Crippen LogP contribution in [-0.2, 0) is 0 Å². The number of hydrogen-bond acceptors (Lipinski definition) is 7. The summed E-state index contributed by atoms with van der Waals surface area (Å²) in [6.07, 6.45) is 11.7. The molecule has 0 aliphatic heterocycles. The highest BCUT2D eigenvalue weighted by Crippen LogP contribution is 2.11. The lowest BCUT2D eigenvalue weighted by atomic mass is 10.1. The highest BCUT2D eigenvalue weighted by atomic mass is 32.1. The van der Waals surface area contributed by atoms with Gasteiger partial charge in [0.1, 0.15) is 0 Å². The third kappa shape index (κ3) is 38.0. The van der Waals surface area contributed by atoms with Crippen molar-refractivity contribution in [3.05, 3.63) is 0 Å². The second-order valence-corrected chi connectivity index (χ2v) is 5.87. The van der Waals surface area contributed by atoms with Crippen LogP contribution >= 0.6 is 12.6 Å². The SMILES string of the molecule is OCC(O)CCCCCCCCCCCS.OCCO.OCCO. The number of hydrogen-bond donors (Lipinski definition) is 7. The van der Waals surface area contributed by atoms with Gasteiger partial charge in [0.15, 0.2) is 0 Å². The largest absolute Gasteiger partial charge is 0.394 e. The molecule has 7 heteroatoms. The summed E-state index contributed by atoms with van der Waals surface area (Å²) in [6, 6.07) is 0. The van der Waals surface area contributed by atoms with Crippen molar-refractivity contribution in [2.24, 2.45) is 0 Å². The van der Waals surface area contributed by atoms with Gasteiger partial charge in [-0.05, 0) is 18.6 Å². The van der Waals surface area contributed by atoms with Gasteiger partial charge >= 0.3 is 0 Å². The van der Waals surface area contributed by atoms with E-state index in [4.69, 9.17) is 30.6 Å². The maximum atomic E-state index is 9.12. The molecule has 0 saturated heterocycles. The van der Waals surface area contributed by atoms with E-state index in [0.717, 1.165) is 18.6 Å². The molecule has 0 rings (SSSR count). The fraction of sp³-hybridized carbons (Fsp3) is 1.00. The van der Waals surface area contributed by atoms with Crippen LogP contribution in [0.4, 0.5) is 0 Å². The first-order valence-electron chi connectivity index (χ1n) is 8.97. The normalized spacial score (nSPS) is 11.1. The van der Waals surface area contributed by atoms with Gasteiger partial charge in [0.25, 0.3) is 0 Å². The van der Waals surface area contributed by atoms with Crippen LogP contribution in [0, 0.1) is 0 Å². The van der Waals surface area contributed by atoms with E-state index in [9.17, 15) is 0 Å². The van der Waals surface area contributed by atoms with E-state index in [1.165, 1.54) is 51.4 Å². The van der Waals surface area contributed by atoms with E-state index < -0.39 is 6.10 Å². The van der Waals surface area contributed by atoms with Crippen molar-refractivity contribution in [1.82, 2.24) is 0 Å². The maximum Gasteiger partial charge on any atom is 0.0770 e. The summed E-state index contributed by atoms with van der Waals surface area (Å²) < 4.78 is 0. The van der Waals surface area contributed by atoms with Gasteiger partial charge < -0.3 is 30.6 Å². The summed E-state index contributed by atoms with van der Waals surface area (Å²) in [7, 11) is 0. The molecule has 1 unspecified atom stereocenters. The van der Waals surface area contributed by atoms with Crippen LogP contribution in [0.15, 0.2) is 0 Å². The Hall–Kier alpha value is 0.110. The van der Waals surface area contributed by atoms with E-state index in [1.54, 1.807) is 0 Å². The van der Waals surface area contributed by atoms with E-state index in [0.29, 0.717) is 0 Å². The highest BCUT2D eigenvalue weighted by Gasteiger charge is 2.00. The Labute approximate surface area is 153 Å². The molecule has 6 nitrogen and oxygen atoms in total. The first-order valence-corrected chi connectivity index (χ1v) is 9.60. The lowest BCUT2D eigenvalue weighted by Crippen LogP contribution is -2.10. The Bertz CT molecular complexity index is 178. The van der Waals surface area contributed by atoms with Gasteiger partial charge in [-0.3, -0.25) is 0 Å². The van der Waals surface area contributed by atoms with Crippen LogP contribution in [0.3, 0.4) is 0 Å². The molecule has 0 aromatic rings. The van der Waals surface area contributed by atoms with E-state index >= 15 is 0 Å². The summed E-state index contributed by atoms with van der Waals surface area (Å²) in [5, 5.41) is 48.2. The number of aliphatic hydroxyl groups excluding tert-OH is 6.